The number of nitrogens with zero attached hydrogens (tertiary/aromatic N) is 1. The lowest BCUT2D eigenvalue weighted by Crippen LogP contribution is -2.33. The molecule has 0 heterocycles. The Hall–Kier alpha value is -2.15. The molecule has 0 fully saturated rings. The third-order valence-electron chi connectivity index (χ3n) is 2.90. The van der Waals surface area contributed by atoms with Crippen LogP contribution in [0.5, 0.6) is 5.75 Å². The molecule has 1 aromatic carbocycles. The molecular formula is C14H21N3O4. The molecule has 1 amide bonds. The Morgan fingerprint density at radius 1 is 1.48 bits per heavy atom. The van der Waals surface area contributed by atoms with Crippen molar-refractivity contribution < 1.29 is 14.5 Å². The number of benzene rings is 1. The zero-order valence-electron chi connectivity index (χ0n) is 12.5. The van der Waals surface area contributed by atoms with Gasteiger partial charge in [-0.25, -0.2) is 0 Å². The lowest BCUT2D eigenvalue weighted by atomic mass is 10.2. The van der Waals surface area contributed by atoms with Gasteiger partial charge in [0, 0.05) is 19.7 Å². The molecule has 116 valence electrons. The number of ether oxygens (including phenoxy) is 1. The van der Waals surface area contributed by atoms with E-state index in [-0.39, 0.29) is 17.3 Å². The molecule has 7 heteroatoms. The summed E-state index contributed by atoms with van der Waals surface area (Å²) in [7, 11) is 1.49. The highest BCUT2D eigenvalue weighted by molar-refractivity contribution is 5.80. The third-order valence-corrected chi connectivity index (χ3v) is 2.90. The Morgan fingerprint density at radius 3 is 2.76 bits per heavy atom. The molecule has 0 saturated heterocycles. The Bertz CT molecular complexity index is 505. The summed E-state index contributed by atoms with van der Waals surface area (Å²) in [6, 6.07) is 4.67. The predicted molar refractivity (Wildman–Crippen MR) is 79.3 cm³/mol. The van der Waals surface area contributed by atoms with Crippen molar-refractivity contribution in [2.24, 2.45) is 0 Å². The van der Waals surface area contributed by atoms with Crippen LogP contribution in [0, 0.1) is 10.1 Å². The van der Waals surface area contributed by atoms with Gasteiger partial charge in [-0.05, 0) is 31.5 Å². The van der Waals surface area contributed by atoms with Crippen LogP contribution in [0.2, 0.25) is 0 Å². The minimum Gasteiger partial charge on any atom is -0.474 e. The van der Waals surface area contributed by atoms with E-state index < -0.39 is 11.0 Å². The number of rotatable bonds is 8. The second kappa shape index (κ2) is 8.21. The Morgan fingerprint density at radius 2 is 2.19 bits per heavy atom. The minimum absolute atomic E-state index is 0.104. The van der Waals surface area contributed by atoms with E-state index in [0.717, 1.165) is 18.5 Å². The van der Waals surface area contributed by atoms with Crippen LogP contribution >= 0.6 is 0 Å². The topological polar surface area (TPSA) is 93.5 Å². The van der Waals surface area contributed by atoms with Crippen molar-refractivity contribution in [2.45, 2.75) is 32.9 Å². The van der Waals surface area contributed by atoms with Crippen LogP contribution in [0.25, 0.3) is 0 Å². The fourth-order valence-electron chi connectivity index (χ4n) is 1.77. The Labute approximate surface area is 123 Å². The van der Waals surface area contributed by atoms with E-state index in [0.29, 0.717) is 6.54 Å². The van der Waals surface area contributed by atoms with Crippen molar-refractivity contribution >= 4 is 11.6 Å². The first-order chi connectivity index (χ1) is 9.99. The van der Waals surface area contributed by atoms with E-state index in [1.165, 1.54) is 13.1 Å². The van der Waals surface area contributed by atoms with Crippen LogP contribution in [-0.2, 0) is 11.3 Å². The first kappa shape index (κ1) is 16.9. The number of nitro benzene ring substituents is 1. The van der Waals surface area contributed by atoms with Gasteiger partial charge < -0.3 is 15.4 Å². The number of amides is 1. The van der Waals surface area contributed by atoms with E-state index in [2.05, 4.69) is 17.6 Å². The molecule has 7 nitrogen and oxygen atoms in total. The van der Waals surface area contributed by atoms with Gasteiger partial charge in [-0.3, -0.25) is 14.9 Å². The van der Waals surface area contributed by atoms with Gasteiger partial charge in [-0.2, -0.15) is 0 Å². The summed E-state index contributed by atoms with van der Waals surface area (Å²) < 4.78 is 5.42. The molecule has 21 heavy (non-hydrogen) atoms. The monoisotopic (exact) mass is 295 g/mol. The maximum absolute atomic E-state index is 11.5. The van der Waals surface area contributed by atoms with Crippen LogP contribution < -0.4 is 15.4 Å². The normalized spacial score (nSPS) is 11.8. The second-order valence-electron chi connectivity index (χ2n) is 4.61. The van der Waals surface area contributed by atoms with Crippen LogP contribution in [-0.4, -0.2) is 30.5 Å². The van der Waals surface area contributed by atoms with Gasteiger partial charge in [-0.1, -0.05) is 13.0 Å². The standard InChI is InChI=1S/C14H21N3O4/c1-4-7-16-9-11-5-6-12(17(19)20)13(8-11)21-10(2)14(18)15-3/h5-6,8,10,16H,4,7,9H2,1-3H3,(H,15,18). The van der Waals surface area contributed by atoms with Crippen LogP contribution in [0.1, 0.15) is 25.8 Å². The lowest BCUT2D eigenvalue weighted by molar-refractivity contribution is -0.386. The van der Waals surface area contributed by atoms with Gasteiger partial charge in [0.05, 0.1) is 4.92 Å². The molecule has 2 N–H and O–H groups in total. The summed E-state index contributed by atoms with van der Waals surface area (Å²) in [4.78, 5) is 22.0. The van der Waals surface area contributed by atoms with E-state index >= 15 is 0 Å². The quantitative estimate of drug-likeness (QED) is 0.432. The summed E-state index contributed by atoms with van der Waals surface area (Å²) in [6.07, 6.45) is 0.205. The van der Waals surface area contributed by atoms with Crippen LogP contribution in [0.3, 0.4) is 0 Å². The first-order valence-electron chi connectivity index (χ1n) is 6.85. The summed E-state index contributed by atoms with van der Waals surface area (Å²) >= 11 is 0. The number of hydrogen-bond acceptors (Lipinski definition) is 5. The van der Waals surface area contributed by atoms with Crippen LogP contribution in [0.4, 0.5) is 5.69 Å². The summed E-state index contributed by atoms with van der Waals surface area (Å²) in [5, 5.41) is 16.7. The van der Waals surface area contributed by atoms with Crippen molar-refractivity contribution in [2.75, 3.05) is 13.6 Å². The van der Waals surface area contributed by atoms with E-state index in [1.54, 1.807) is 19.1 Å². The molecule has 0 aliphatic rings. The molecule has 1 aromatic rings. The summed E-state index contributed by atoms with van der Waals surface area (Å²) in [6.45, 7) is 5.06. The number of carbonyl (C=O) groups is 1. The van der Waals surface area contributed by atoms with Gasteiger partial charge >= 0.3 is 5.69 Å². The van der Waals surface area contributed by atoms with E-state index in [1.807, 2.05) is 0 Å². The second-order valence-corrected chi connectivity index (χ2v) is 4.61. The molecule has 0 radical (unpaired) electrons. The summed E-state index contributed by atoms with van der Waals surface area (Å²) in [5.41, 5.74) is 0.721. The molecule has 0 aliphatic carbocycles. The molecular weight excluding hydrogens is 274 g/mol. The molecule has 1 rings (SSSR count). The lowest BCUT2D eigenvalue weighted by Gasteiger charge is -2.14. The largest absolute Gasteiger partial charge is 0.474 e. The molecule has 0 bridgehead atoms. The maximum atomic E-state index is 11.5. The zero-order chi connectivity index (χ0) is 15.8. The number of hydrogen-bond donors (Lipinski definition) is 2. The van der Waals surface area contributed by atoms with Crippen molar-refractivity contribution in [1.82, 2.24) is 10.6 Å². The maximum Gasteiger partial charge on any atom is 0.310 e. The molecule has 0 aliphatic heterocycles. The highest BCUT2D eigenvalue weighted by Crippen LogP contribution is 2.29. The molecule has 0 aromatic heterocycles. The number of likely N-dealkylation sites (N-methyl/N-ethyl adjacent to an activating group) is 1. The van der Waals surface area contributed by atoms with Crippen molar-refractivity contribution in [3.05, 3.63) is 33.9 Å². The van der Waals surface area contributed by atoms with Crippen molar-refractivity contribution in [3.63, 3.8) is 0 Å². The van der Waals surface area contributed by atoms with Gasteiger partial charge in [-0.15, -0.1) is 0 Å². The smallest absolute Gasteiger partial charge is 0.310 e. The number of carbonyl (C=O) groups excluding carboxylic acids is 1. The average molecular weight is 295 g/mol. The SMILES string of the molecule is CCCNCc1ccc([N+](=O)[O-])c(OC(C)C(=O)NC)c1. The highest BCUT2D eigenvalue weighted by Gasteiger charge is 2.20. The van der Waals surface area contributed by atoms with Gasteiger partial charge in [0.15, 0.2) is 11.9 Å². The van der Waals surface area contributed by atoms with Gasteiger partial charge in [0.2, 0.25) is 0 Å². The van der Waals surface area contributed by atoms with Crippen molar-refractivity contribution in [3.8, 4) is 5.75 Å². The number of nitrogens with one attached hydrogen (secondary N) is 2. The minimum atomic E-state index is -0.799. The Balaban J connectivity index is 2.93. The van der Waals surface area contributed by atoms with E-state index in [4.69, 9.17) is 4.74 Å². The fourth-order valence-corrected chi connectivity index (χ4v) is 1.77. The molecule has 1 unspecified atom stereocenters. The zero-order valence-corrected chi connectivity index (χ0v) is 12.5. The third kappa shape index (κ3) is 5.03. The first-order valence-corrected chi connectivity index (χ1v) is 6.85. The fraction of sp³-hybridized carbons (Fsp3) is 0.500. The predicted octanol–water partition coefficient (Wildman–Crippen LogP) is 1.61. The van der Waals surface area contributed by atoms with Crippen LogP contribution in [0.15, 0.2) is 18.2 Å². The van der Waals surface area contributed by atoms with Gasteiger partial charge in [0.1, 0.15) is 0 Å². The highest BCUT2D eigenvalue weighted by atomic mass is 16.6. The van der Waals surface area contributed by atoms with E-state index in [9.17, 15) is 14.9 Å². The summed E-state index contributed by atoms with van der Waals surface area (Å²) in [5.74, 6) is -0.231. The number of nitro groups is 1. The molecule has 0 spiro atoms. The van der Waals surface area contributed by atoms with Crippen molar-refractivity contribution in [1.29, 1.82) is 0 Å². The average Bonchev–Trinajstić information content (AvgIpc) is 2.46. The molecule has 0 saturated carbocycles. The Kier molecular flexibility index (Phi) is 6.61. The van der Waals surface area contributed by atoms with Gasteiger partial charge in [0.25, 0.3) is 5.91 Å². The molecule has 1 atom stereocenters.